The molecule has 0 radical (unpaired) electrons. The van der Waals surface area contributed by atoms with Gasteiger partial charge in [-0.15, -0.1) is 5.10 Å². The average Bonchev–Trinajstić information content (AvgIpc) is 3.51. The van der Waals surface area contributed by atoms with Gasteiger partial charge in [-0.3, -0.25) is 10.1 Å². The summed E-state index contributed by atoms with van der Waals surface area (Å²) in [6.07, 6.45) is 1.71. The number of nitrogens with one attached hydrogen (secondary N) is 1. The monoisotopic (exact) mass is 458 g/mol. The van der Waals surface area contributed by atoms with Gasteiger partial charge >= 0.3 is 6.01 Å². The summed E-state index contributed by atoms with van der Waals surface area (Å²) in [6, 6.07) is 10.7. The SMILES string of the molecule is COc1cc(OC)cc(-c2nnc(NC(=O)c3ccc(S(=O)(=O)N4CCCC4)cc3)o2)c1. The third-order valence-electron chi connectivity index (χ3n) is 5.06. The first-order valence-electron chi connectivity index (χ1n) is 9.89. The molecule has 2 heterocycles. The normalized spacial score (nSPS) is 14.3. The lowest BCUT2D eigenvalue weighted by atomic mass is 10.2. The maximum absolute atomic E-state index is 12.6. The number of amides is 1. The highest BCUT2D eigenvalue weighted by atomic mass is 32.2. The van der Waals surface area contributed by atoms with Gasteiger partial charge < -0.3 is 13.9 Å². The van der Waals surface area contributed by atoms with Crippen LogP contribution in [-0.4, -0.2) is 56.1 Å². The highest BCUT2D eigenvalue weighted by Crippen LogP contribution is 2.29. The minimum Gasteiger partial charge on any atom is -0.497 e. The second kappa shape index (κ2) is 8.97. The van der Waals surface area contributed by atoms with Gasteiger partial charge in [0.25, 0.3) is 5.91 Å². The van der Waals surface area contributed by atoms with Crippen molar-refractivity contribution in [3.63, 3.8) is 0 Å². The Bertz CT molecular complexity index is 1200. The largest absolute Gasteiger partial charge is 0.497 e. The Morgan fingerprint density at radius 3 is 2.22 bits per heavy atom. The van der Waals surface area contributed by atoms with Crippen molar-refractivity contribution in [2.75, 3.05) is 32.6 Å². The third-order valence-corrected chi connectivity index (χ3v) is 6.98. The highest BCUT2D eigenvalue weighted by molar-refractivity contribution is 7.89. The number of hydrogen-bond acceptors (Lipinski definition) is 8. The van der Waals surface area contributed by atoms with Crippen LogP contribution in [0.4, 0.5) is 6.01 Å². The molecule has 0 spiro atoms. The van der Waals surface area contributed by atoms with E-state index in [4.69, 9.17) is 13.9 Å². The zero-order valence-electron chi connectivity index (χ0n) is 17.6. The fourth-order valence-corrected chi connectivity index (χ4v) is 4.86. The van der Waals surface area contributed by atoms with Gasteiger partial charge in [0.1, 0.15) is 11.5 Å². The Labute approximate surface area is 185 Å². The molecule has 1 N–H and O–H groups in total. The molecule has 0 saturated carbocycles. The van der Waals surface area contributed by atoms with Crippen LogP contribution in [0.25, 0.3) is 11.5 Å². The molecule has 1 aliphatic heterocycles. The molecule has 1 saturated heterocycles. The van der Waals surface area contributed by atoms with Crippen LogP contribution in [0.3, 0.4) is 0 Å². The molecule has 4 rings (SSSR count). The summed E-state index contributed by atoms with van der Waals surface area (Å²) in [5.41, 5.74) is 0.818. The van der Waals surface area contributed by atoms with Crippen LogP contribution in [0.2, 0.25) is 0 Å². The number of hydrogen-bond donors (Lipinski definition) is 1. The molecular formula is C21H22N4O6S. The fraction of sp³-hybridized carbons (Fsp3) is 0.286. The Hall–Kier alpha value is -3.44. The van der Waals surface area contributed by atoms with E-state index in [-0.39, 0.29) is 22.4 Å². The molecule has 10 nitrogen and oxygen atoms in total. The molecule has 32 heavy (non-hydrogen) atoms. The van der Waals surface area contributed by atoms with Crippen molar-refractivity contribution < 1.29 is 27.1 Å². The lowest BCUT2D eigenvalue weighted by Gasteiger charge is -2.15. The lowest BCUT2D eigenvalue weighted by Crippen LogP contribution is -2.27. The number of nitrogens with zero attached hydrogens (tertiary/aromatic N) is 3. The van der Waals surface area contributed by atoms with Gasteiger partial charge in [-0.1, -0.05) is 5.10 Å². The minimum atomic E-state index is -3.54. The fourth-order valence-electron chi connectivity index (χ4n) is 3.35. The van der Waals surface area contributed by atoms with Crippen LogP contribution in [0, 0.1) is 0 Å². The van der Waals surface area contributed by atoms with Gasteiger partial charge in [0.05, 0.1) is 19.1 Å². The second-order valence-corrected chi connectivity index (χ2v) is 9.04. The predicted molar refractivity (Wildman–Crippen MR) is 115 cm³/mol. The number of methoxy groups -OCH3 is 2. The standard InChI is InChI=1S/C21H22N4O6S/c1-29-16-11-15(12-17(13-16)30-2)20-23-24-21(31-20)22-19(26)14-5-7-18(8-6-14)32(27,28)25-9-3-4-10-25/h5-8,11-13H,3-4,9-10H2,1-2H3,(H,22,24,26). The smallest absolute Gasteiger partial charge is 0.322 e. The number of benzene rings is 2. The summed E-state index contributed by atoms with van der Waals surface area (Å²) >= 11 is 0. The first-order valence-corrected chi connectivity index (χ1v) is 11.3. The number of anilines is 1. The molecule has 168 valence electrons. The maximum atomic E-state index is 12.6. The van der Waals surface area contributed by atoms with Crippen LogP contribution in [-0.2, 0) is 10.0 Å². The van der Waals surface area contributed by atoms with E-state index in [9.17, 15) is 13.2 Å². The van der Waals surface area contributed by atoms with E-state index in [1.54, 1.807) is 18.2 Å². The van der Waals surface area contributed by atoms with Crippen molar-refractivity contribution in [3.05, 3.63) is 48.0 Å². The molecular weight excluding hydrogens is 436 g/mol. The molecule has 0 unspecified atom stereocenters. The zero-order chi connectivity index (χ0) is 22.7. The molecule has 11 heteroatoms. The van der Waals surface area contributed by atoms with Crippen LogP contribution >= 0.6 is 0 Å². The van der Waals surface area contributed by atoms with E-state index in [0.717, 1.165) is 12.8 Å². The van der Waals surface area contributed by atoms with Gasteiger partial charge in [0.2, 0.25) is 15.9 Å². The Balaban J connectivity index is 1.48. The van der Waals surface area contributed by atoms with Gasteiger partial charge in [-0.05, 0) is 49.2 Å². The van der Waals surface area contributed by atoms with E-state index >= 15 is 0 Å². The summed E-state index contributed by atoms with van der Waals surface area (Å²) in [4.78, 5) is 12.7. The predicted octanol–water partition coefficient (Wildman–Crippen LogP) is 2.79. The zero-order valence-corrected chi connectivity index (χ0v) is 18.4. The van der Waals surface area contributed by atoms with Crippen molar-refractivity contribution in [1.29, 1.82) is 0 Å². The third kappa shape index (κ3) is 4.43. The number of ether oxygens (including phenoxy) is 2. The van der Waals surface area contributed by atoms with E-state index in [0.29, 0.717) is 30.2 Å². The van der Waals surface area contributed by atoms with Gasteiger partial charge in [-0.2, -0.15) is 4.31 Å². The molecule has 1 aromatic heterocycles. The highest BCUT2D eigenvalue weighted by Gasteiger charge is 2.27. The minimum absolute atomic E-state index is 0.0967. The van der Waals surface area contributed by atoms with Crippen LogP contribution in [0.5, 0.6) is 11.5 Å². The number of carbonyl (C=O) groups is 1. The molecule has 0 atom stereocenters. The van der Waals surface area contributed by atoms with E-state index < -0.39 is 15.9 Å². The Morgan fingerprint density at radius 1 is 1.00 bits per heavy atom. The van der Waals surface area contributed by atoms with Crippen LogP contribution < -0.4 is 14.8 Å². The van der Waals surface area contributed by atoms with Crippen molar-refractivity contribution in [3.8, 4) is 23.0 Å². The summed E-state index contributed by atoms with van der Waals surface area (Å²) in [7, 11) is -0.484. The number of sulfonamides is 1. The van der Waals surface area contributed by atoms with E-state index in [1.165, 1.54) is 42.8 Å². The first kappa shape index (κ1) is 21.8. The molecule has 3 aromatic rings. The molecule has 2 aromatic carbocycles. The molecule has 1 aliphatic rings. The topological polar surface area (TPSA) is 124 Å². The van der Waals surface area contributed by atoms with Crippen molar-refractivity contribution >= 4 is 21.9 Å². The summed E-state index contributed by atoms with van der Waals surface area (Å²) in [5.74, 6) is 0.761. The first-order chi connectivity index (χ1) is 15.4. The van der Waals surface area contributed by atoms with Crippen molar-refractivity contribution in [2.45, 2.75) is 17.7 Å². The second-order valence-electron chi connectivity index (χ2n) is 7.10. The maximum Gasteiger partial charge on any atom is 0.322 e. The number of carbonyl (C=O) groups excluding carboxylic acids is 1. The van der Waals surface area contributed by atoms with Gasteiger partial charge in [-0.25, -0.2) is 8.42 Å². The molecule has 1 amide bonds. The van der Waals surface area contributed by atoms with Gasteiger partial charge in [0.15, 0.2) is 0 Å². The van der Waals surface area contributed by atoms with Crippen molar-refractivity contribution in [1.82, 2.24) is 14.5 Å². The quantitative estimate of drug-likeness (QED) is 0.573. The lowest BCUT2D eigenvalue weighted by molar-refractivity contribution is 0.102. The van der Waals surface area contributed by atoms with E-state index in [2.05, 4.69) is 15.5 Å². The van der Waals surface area contributed by atoms with Gasteiger partial charge in [0, 0.05) is 30.3 Å². The average molecular weight is 458 g/mol. The van der Waals surface area contributed by atoms with Crippen LogP contribution in [0.15, 0.2) is 51.8 Å². The number of rotatable bonds is 7. The Kier molecular flexibility index (Phi) is 6.10. The Morgan fingerprint density at radius 2 is 1.62 bits per heavy atom. The molecule has 0 aliphatic carbocycles. The molecule has 1 fully saturated rings. The summed E-state index contributed by atoms with van der Waals surface area (Å²) in [6.45, 7) is 1.03. The van der Waals surface area contributed by atoms with Crippen molar-refractivity contribution in [2.24, 2.45) is 0 Å². The number of aromatic nitrogens is 2. The summed E-state index contributed by atoms with van der Waals surface area (Å²) in [5, 5.41) is 10.3. The summed E-state index contributed by atoms with van der Waals surface area (Å²) < 4.78 is 42.7. The molecule has 0 bridgehead atoms. The van der Waals surface area contributed by atoms with E-state index in [1.807, 2.05) is 0 Å². The van der Waals surface area contributed by atoms with Crippen LogP contribution in [0.1, 0.15) is 23.2 Å².